The van der Waals surface area contributed by atoms with Crippen molar-refractivity contribution in [3.8, 4) is 0 Å². The van der Waals surface area contributed by atoms with Gasteiger partial charge in [0.2, 0.25) is 0 Å². The Labute approximate surface area is 128 Å². The number of fused-ring (bicyclic) bond motifs is 1. The average molecular weight is 284 g/mol. The van der Waals surface area contributed by atoms with Crippen molar-refractivity contribution in [1.29, 1.82) is 0 Å². The zero-order valence-electron chi connectivity index (χ0n) is 13.3. The molecule has 0 unspecified atom stereocenters. The lowest BCUT2D eigenvalue weighted by atomic mass is 10.1. The molecular weight excluding hydrogens is 256 g/mol. The Morgan fingerprint density at radius 1 is 1.10 bits per heavy atom. The molecule has 2 heteroatoms. The quantitative estimate of drug-likeness (QED) is 0.601. The molecule has 114 valence electrons. The molecular formula is C19H28N2. The predicted octanol–water partition coefficient (Wildman–Crippen LogP) is 5.04. The number of hydrogen-bond acceptors (Lipinski definition) is 1. The van der Waals surface area contributed by atoms with Gasteiger partial charge in [-0.3, -0.25) is 0 Å². The Kier molecular flexibility index (Phi) is 4.97. The molecule has 1 N–H and O–H groups in total. The molecule has 2 aromatic rings. The van der Waals surface area contributed by atoms with E-state index in [0.717, 1.165) is 13.1 Å². The summed E-state index contributed by atoms with van der Waals surface area (Å²) in [6.07, 6.45) is 11.8. The molecule has 1 saturated carbocycles. The first kappa shape index (κ1) is 14.6. The van der Waals surface area contributed by atoms with E-state index in [4.69, 9.17) is 0 Å². The van der Waals surface area contributed by atoms with Crippen LogP contribution in [0.4, 0.5) is 0 Å². The molecule has 1 aliphatic rings. The van der Waals surface area contributed by atoms with Crippen molar-refractivity contribution < 1.29 is 0 Å². The fraction of sp³-hybridized carbons (Fsp3) is 0.579. The molecule has 1 aromatic heterocycles. The highest BCUT2D eigenvalue weighted by atomic mass is 15.0. The lowest BCUT2D eigenvalue weighted by Crippen LogP contribution is -2.15. The zero-order valence-corrected chi connectivity index (χ0v) is 13.3. The molecule has 3 rings (SSSR count). The monoisotopic (exact) mass is 284 g/mol. The molecule has 1 fully saturated rings. The third-order valence-corrected chi connectivity index (χ3v) is 4.78. The summed E-state index contributed by atoms with van der Waals surface area (Å²) in [6, 6.07) is 9.74. The first-order valence-corrected chi connectivity index (χ1v) is 8.69. The van der Waals surface area contributed by atoms with Crippen LogP contribution in [0, 0.1) is 0 Å². The van der Waals surface area contributed by atoms with Crippen molar-refractivity contribution in [2.24, 2.45) is 0 Å². The van der Waals surface area contributed by atoms with Gasteiger partial charge in [0.15, 0.2) is 0 Å². The zero-order chi connectivity index (χ0) is 14.5. The van der Waals surface area contributed by atoms with Crippen LogP contribution >= 0.6 is 0 Å². The average Bonchev–Trinajstić information content (AvgIpc) is 2.76. The number of benzene rings is 1. The van der Waals surface area contributed by atoms with Crippen LogP contribution in [0.3, 0.4) is 0 Å². The maximum Gasteiger partial charge on any atom is 0.0528 e. The molecule has 1 aliphatic carbocycles. The minimum atomic E-state index is 0.706. The molecule has 1 heterocycles. The minimum Gasteiger partial charge on any atom is -0.344 e. The number of para-hydroxylation sites is 1. The fourth-order valence-corrected chi connectivity index (χ4v) is 3.68. The Morgan fingerprint density at radius 2 is 1.90 bits per heavy atom. The Balaban J connectivity index is 1.90. The largest absolute Gasteiger partial charge is 0.344 e. The van der Waals surface area contributed by atoms with E-state index in [1.54, 1.807) is 0 Å². The normalized spacial score (nSPS) is 17.2. The van der Waals surface area contributed by atoms with E-state index in [2.05, 4.69) is 47.3 Å². The standard InChI is InChI=1S/C19H28N2/c1-2-13-20-15-17-9-7-8-16-12-14-21(19(16)17)18-10-5-3-4-6-11-18/h7-9,12,14,18,20H,2-6,10-11,13,15H2,1H3. The van der Waals surface area contributed by atoms with Crippen LogP contribution in [0.1, 0.15) is 63.5 Å². The van der Waals surface area contributed by atoms with E-state index >= 15 is 0 Å². The SMILES string of the molecule is CCCNCc1cccc2ccn(C3CCCCCC3)c12. The number of aromatic nitrogens is 1. The number of nitrogens with zero attached hydrogens (tertiary/aromatic N) is 1. The van der Waals surface area contributed by atoms with Gasteiger partial charge in [-0.25, -0.2) is 0 Å². The van der Waals surface area contributed by atoms with Gasteiger partial charge in [-0.1, -0.05) is 50.8 Å². The van der Waals surface area contributed by atoms with Crippen molar-refractivity contribution in [3.05, 3.63) is 36.0 Å². The van der Waals surface area contributed by atoms with E-state index in [1.807, 2.05) is 0 Å². The molecule has 0 spiro atoms. The van der Waals surface area contributed by atoms with Gasteiger partial charge in [-0.05, 0) is 42.8 Å². The van der Waals surface area contributed by atoms with Crippen molar-refractivity contribution in [1.82, 2.24) is 9.88 Å². The summed E-state index contributed by atoms with van der Waals surface area (Å²) in [7, 11) is 0. The molecule has 0 amide bonds. The highest BCUT2D eigenvalue weighted by molar-refractivity contribution is 5.83. The van der Waals surface area contributed by atoms with E-state index in [0.29, 0.717) is 6.04 Å². The first-order valence-electron chi connectivity index (χ1n) is 8.69. The molecule has 0 aliphatic heterocycles. The highest BCUT2D eigenvalue weighted by Gasteiger charge is 2.17. The Morgan fingerprint density at radius 3 is 2.67 bits per heavy atom. The molecule has 1 aromatic carbocycles. The summed E-state index contributed by atoms with van der Waals surface area (Å²) in [5, 5.41) is 4.96. The molecule has 0 saturated heterocycles. The van der Waals surface area contributed by atoms with E-state index in [9.17, 15) is 0 Å². The summed E-state index contributed by atoms with van der Waals surface area (Å²) in [6.45, 7) is 4.31. The molecule has 0 atom stereocenters. The van der Waals surface area contributed by atoms with Crippen molar-refractivity contribution >= 4 is 10.9 Å². The van der Waals surface area contributed by atoms with Crippen LogP contribution in [0.25, 0.3) is 10.9 Å². The van der Waals surface area contributed by atoms with E-state index < -0.39 is 0 Å². The Hall–Kier alpha value is -1.28. The highest BCUT2D eigenvalue weighted by Crippen LogP contribution is 2.32. The van der Waals surface area contributed by atoms with Crippen LogP contribution in [0.2, 0.25) is 0 Å². The van der Waals surface area contributed by atoms with Crippen LogP contribution in [-0.4, -0.2) is 11.1 Å². The predicted molar refractivity (Wildman–Crippen MR) is 90.7 cm³/mol. The fourth-order valence-electron chi connectivity index (χ4n) is 3.68. The second-order valence-corrected chi connectivity index (χ2v) is 6.40. The second-order valence-electron chi connectivity index (χ2n) is 6.40. The maximum absolute atomic E-state index is 3.56. The van der Waals surface area contributed by atoms with Gasteiger partial charge in [-0.15, -0.1) is 0 Å². The van der Waals surface area contributed by atoms with E-state index in [-0.39, 0.29) is 0 Å². The summed E-state index contributed by atoms with van der Waals surface area (Å²) < 4.78 is 2.57. The van der Waals surface area contributed by atoms with Crippen molar-refractivity contribution in [2.45, 2.75) is 64.5 Å². The van der Waals surface area contributed by atoms with Crippen LogP contribution in [-0.2, 0) is 6.54 Å². The lowest BCUT2D eigenvalue weighted by Gasteiger charge is -2.19. The van der Waals surface area contributed by atoms with Gasteiger partial charge < -0.3 is 9.88 Å². The minimum absolute atomic E-state index is 0.706. The van der Waals surface area contributed by atoms with Crippen molar-refractivity contribution in [2.75, 3.05) is 6.54 Å². The topological polar surface area (TPSA) is 17.0 Å². The molecule has 21 heavy (non-hydrogen) atoms. The van der Waals surface area contributed by atoms with E-state index in [1.165, 1.54) is 61.4 Å². The van der Waals surface area contributed by atoms with Crippen LogP contribution in [0.15, 0.2) is 30.5 Å². The van der Waals surface area contributed by atoms with Gasteiger partial charge in [0.25, 0.3) is 0 Å². The summed E-state index contributed by atoms with van der Waals surface area (Å²) in [5.74, 6) is 0. The number of rotatable bonds is 5. The van der Waals surface area contributed by atoms with Crippen LogP contribution < -0.4 is 5.32 Å². The van der Waals surface area contributed by atoms with Gasteiger partial charge in [0.05, 0.1) is 5.52 Å². The molecule has 0 radical (unpaired) electrons. The van der Waals surface area contributed by atoms with Gasteiger partial charge in [0.1, 0.15) is 0 Å². The number of hydrogen-bond donors (Lipinski definition) is 1. The van der Waals surface area contributed by atoms with Gasteiger partial charge in [0, 0.05) is 18.8 Å². The number of nitrogens with one attached hydrogen (secondary N) is 1. The second kappa shape index (κ2) is 7.13. The van der Waals surface area contributed by atoms with Crippen LogP contribution in [0.5, 0.6) is 0 Å². The summed E-state index contributed by atoms with van der Waals surface area (Å²) in [5.41, 5.74) is 2.92. The first-order chi connectivity index (χ1) is 10.4. The molecule has 2 nitrogen and oxygen atoms in total. The third-order valence-electron chi connectivity index (χ3n) is 4.78. The summed E-state index contributed by atoms with van der Waals surface area (Å²) >= 11 is 0. The van der Waals surface area contributed by atoms with Crippen molar-refractivity contribution in [3.63, 3.8) is 0 Å². The lowest BCUT2D eigenvalue weighted by molar-refractivity contribution is 0.455. The third kappa shape index (κ3) is 3.32. The van der Waals surface area contributed by atoms with Gasteiger partial charge in [-0.2, -0.15) is 0 Å². The molecule has 0 bridgehead atoms. The Bertz CT molecular complexity index is 562. The smallest absolute Gasteiger partial charge is 0.0528 e. The summed E-state index contributed by atoms with van der Waals surface area (Å²) in [4.78, 5) is 0. The van der Waals surface area contributed by atoms with Gasteiger partial charge >= 0.3 is 0 Å². The maximum atomic E-state index is 3.56.